The number of halogens is 1. The summed E-state index contributed by atoms with van der Waals surface area (Å²) in [5, 5.41) is 13.5. The highest BCUT2D eigenvalue weighted by Crippen LogP contribution is 2.25. The third-order valence-electron chi connectivity index (χ3n) is 4.44. The van der Waals surface area contributed by atoms with E-state index in [1.54, 1.807) is 6.92 Å². The van der Waals surface area contributed by atoms with Gasteiger partial charge < -0.3 is 10.1 Å². The van der Waals surface area contributed by atoms with Gasteiger partial charge in [0.2, 0.25) is 10.0 Å². The van der Waals surface area contributed by atoms with E-state index in [0.29, 0.717) is 5.56 Å². The van der Waals surface area contributed by atoms with E-state index in [0.717, 1.165) is 22.5 Å². The van der Waals surface area contributed by atoms with Crippen molar-refractivity contribution in [2.75, 3.05) is 31.6 Å². The topological polar surface area (TPSA) is 119 Å². The van der Waals surface area contributed by atoms with Crippen LogP contribution < -0.4 is 5.32 Å². The second-order valence-corrected chi connectivity index (χ2v) is 8.28. The molecule has 1 fully saturated rings. The first kappa shape index (κ1) is 20.8. The van der Waals surface area contributed by atoms with E-state index in [-0.39, 0.29) is 43.2 Å². The summed E-state index contributed by atoms with van der Waals surface area (Å²) in [4.78, 5) is 22.3. The van der Waals surface area contributed by atoms with Crippen LogP contribution in [-0.2, 0) is 14.8 Å². The molecule has 1 N–H and O–H groups in total. The first-order chi connectivity index (χ1) is 13.7. The average molecular weight is 423 g/mol. The van der Waals surface area contributed by atoms with Crippen LogP contribution in [0.3, 0.4) is 0 Å². The zero-order valence-electron chi connectivity index (χ0n) is 15.4. The van der Waals surface area contributed by atoms with Crippen molar-refractivity contribution in [3.63, 3.8) is 0 Å². The van der Waals surface area contributed by atoms with Crippen molar-refractivity contribution in [1.82, 2.24) is 4.31 Å². The maximum absolute atomic E-state index is 14.2. The van der Waals surface area contributed by atoms with Crippen molar-refractivity contribution in [3.05, 3.63) is 63.5 Å². The monoisotopic (exact) mass is 423 g/mol. The number of aryl methyl sites for hydroxylation is 1. The predicted octanol–water partition coefficient (Wildman–Crippen LogP) is 2.32. The third-order valence-corrected chi connectivity index (χ3v) is 6.36. The fourth-order valence-electron chi connectivity index (χ4n) is 2.86. The molecule has 0 atom stereocenters. The van der Waals surface area contributed by atoms with Crippen LogP contribution in [0.15, 0.2) is 41.3 Å². The van der Waals surface area contributed by atoms with Crippen molar-refractivity contribution in [2.24, 2.45) is 0 Å². The average Bonchev–Trinajstić information content (AvgIpc) is 2.70. The number of anilines is 1. The van der Waals surface area contributed by atoms with Crippen LogP contribution in [-0.4, -0.2) is 49.9 Å². The van der Waals surface area contributed by atoms with E-state index in [1.165, 1.54) is 18.2 Å². The molecule has 2 aromatic carbocycles. The Morgan fingerprint density at radius 1 is 1.21 bits per heavy atom. The molecule has 1 aliphatic rings. The van der Waals surface area contributed by atoms with Gasteiger partial charge in [0.05, 0.1) is 18.1 Å². The molecular formula is C18H18FN3O6S. The Morgan fingerprint density at radius 2 is 1.90 bits per heavy atom. The number of amides is 1. The summed E-state index contributed by atoms with van der Waals surface area (Å²) < 4.78 is 45.9. The summed E-state index contributed by atoms with van der Waals surface area (Å²) in [6, 6.07) is 7.16. The van der Waals surface area contributed by atoms with E-state index in [9.17, 15) is 27.7 Å². The molecule has 11 heteroatoms. The van der Waals surface area contributed by atoms with Gasteiger partial charge in [-0.15, -0.1) is 0 Å². The Hall–Kier alpha value is -2.89. The normalized spacial score (nSPS) is 15.1. The van der Waals surface area contributed by atoms with Crippen molar-refractivity contribution >= 4 is 27.3 Å². The van der Waals surface area contributed by atoms with Gasteiger partial charge in [0.15, 0.2) is 0 Å². The number of nitro groups is 1. The van der Waals surface area contributed by atoms with Crippen LogP contribution in [0.5, 0.6) is 0 Å². The fourth-order valence-corrected chi connectivity index (χ4v) is 4.35. The van der Waals surface area contributed by atoms with Crippen LogP contribution in [0.2, 0.25) is 0 Å². The first-order valence-electron chi connectivity index (χ1n) is 8.64. The van der Waals surface area contributed by atoms with Gasteiger partial charge >= 0.3 is 0 Å². The van der Waals surface area contributed by atoms with Gasteiger partial charge in [-0.2, -0.15) is 4.31 Å². The Kier molecular flexibility index (Phi) is 5.91. The highest BCUT2D eigenvalue weighted by molar-refractivity contribution is 7.89. The van der Waals surface area contributed by atoms with Gasteiger partial charge in [-0.3, -0.25) is 14.9 Å². The van der Waals surface area contributed by atoms with Gasteiger partial charge in [-0.1, -0.05) is 6.07 Å². The lowest BCUT2D eigenvalue weighted by Gasteiger charge is -2.26. The standard InChI is InChI=1S/C18H18FN3O6S/c1-12-2-3-13(10-16(12)22(24)25)18(23)20-14-4-5-15(19)17(11-14)29(26,27)21-6-8-28-9-7-21/h2-5,10-11H,6-9H2,1H3,(H,20,23). The van der Waals surface area contributed by atoms with Crippen LogP contribution in [0.1, 0.15) is 15.9 Å². The Morgan fingerprint density at radius 3 is 2.55 bits per heavy atom. The molecule has 1 saturated heterocycles. The summed E-state index contributed by atoms with van der Waals surface area (Å²) in [6.45, 7) is 2.17. The fraction of sp³-hybridized carbons (Fsp3) is 0.278. The summed E-state index contributed by atoms with van der Waals surface area (Å²) >= 11 is 0. The second kappa shape index (κ2) is 8.23. The number of sulfonamides is 1. The lowest BCUT2D eigenvalue weighted by atomic mass is 10.1. The number of nitrogens with zero attached hydrogens (tertiary/aromatic N) is 2. The Labute approximate surface area is 166 Å². The molecule has 1 aliphatic heterocycles. The van der Waals surface area contributed by atoms with Crippen LogP contribution in [0, 0.1) is 22.9 Å². The number of carbonyl (C=O) groups is 1. The van der Waals surface area contributed by atoms with Gasteiger partial charge in [-0.25, -0.2) is 12.8 Å². The van der Waals surface area contributed by atoms with Crippen molar-refractivity contribution in [1.29, 1.82) is 0 Å². The SMILES string of the molecule is Cc1ccc(C(=O)Nc2ccc(F)c(S(=O)(=O)N3CCOCC3)c2)cc1[N+](=O)[O-]. The van der Waals surface area contributed by atoms with E-state index in [1.807, 2.05) is 0 Å². The van der Waals surface area contributed by atoms with E-state index >= 15 is 0 Å². The summed E-state index contributed by atoms with van der Waals surface area (Å²) in [5.41, 5.74) is 0.246. The largest absolute Gasteiger partial charge is 0.379 e. The molecule has 0 radical (unpaired) electrons. The molecular weight excluding hydrogens is 405 g/mol. The summed E-state index contributed by atoms with van der Waals surface area (Å²) in [5.74, 6) is -1.63. The zero-order valence-corrected chi connectivity index (χ0v) is 16.2. The van der Waals surface area contributed by atoms with Crippen molar-refractivity contribution in [2.45, 2.75) is 11.8 Å². The molecule has 0 aliphatic carbocycles. The molecule has 1 amide bonds. The van der Waals surface area contributed by atoms with E-state index < -0.39 is 31.6 Å². The summed E-state index contributed by atoms with van der Waals surface area (Å²) in [7, 11) is -4.10. The van der Waals surface area contributed by atoms with E-state index in [2.05, 4.69) is 5.32 Å². The smallest absolute Gasteiger partial charge is 0.273 e. The number of benzene rings is 2. The first-order valence-corrected chi connectivity index (χ1v) is 10.1. The van der Waals surface area contributed by atoms with Gasteiger partial charge in [0.25, 0.3) is 11.6 Å². The molecule has 9 nitrogen and oxygen atoms in total. The molecule has 3 rings (SSSR count). The highest BCUT2D eigenvalue weighted by atomic mass is 32.2. The van der Waals surface area contributed by atoms with Gasteiger partial charge in [0, 0.05) is 36.0 Å². The molecule has 0 saturated carbocycles. The molecule has 0 spiro atoms. The zero-order chi connectivity index (χ0) is 21.2. The number of morpholine rings is 1. The molecule has 0 bridgehead atoms. The molecule has 1 heterocycles. The lowest BCUT2D eigenvalue weighted by Crippen LogP contribution is -2.40. The maximum atomic E-state index is 14.2. The van der Waals surface area contributed by atoms with Crippen LogP contribution in [0.4, 0.5) is 15.8 Å². The Bertz CT molecular complexity index is 1070. The minimum atomic E-state index is -4.10. The van der Waals surface area contributed by atoms with Crippen LogP contribution in [0.25, 0.3) is 0 Å². The van der Waals surface area contributed by atoms with Gasteiger partial charge in [-0.05, 0) is 31.2 Å². The van der Waals surface area contributed by atoms with Crippen LogP contribution >= 0.6 is 0 Å². The summed E-state index contributed by atoms with van der Waals surface area (Å²) in [6.07, 6.45) is 0. The number of carbonyl (C=O) groups excluding carboxylic acids is 1. The molecule has 29 heavy (non-hydrogen) atoms. The molecule has 0 aromatic heterocycles. The third kappa shape index (κ3) is 4.42. The molecule has 154 valence electrons. The highest BCUT2D eigenvalue weighted by Gasteiger charge is 2.29. The maximum Gasteiger partial charge on any atom is 0.273 e. The number of hydrogen-bond acceptors (Lipinski definition) is 6. The minimum Gasteiger partial charge on any atom is -0.379 e. The lowest BCUT2D eigenvalue weighted by molar-refractivity contribution is -0.385. The Balaban J connectivity index is 1.87. The van der Waals surface area contributed by atoms with Crippen molar-refractivity contribution in [3.8, 4) is 0 Å². The number of ether oxygens (including phenoxy) is 1. The quantitative estimate of drug-likeness (QED) is 0.582. The second-order valence-electron chi connectivity index (χ2n) is 6.37. The number of hydrogen-bond donors (Lipinski definition) is 1. The predicted molar refractivity (Wildman–Crippen MR) is 102 cm³/mol. The number of rotatable bonds is 5. The van der Waals surface area contributed by atoms with Crippen molar-refractivity contribution < 1.29 is 27.3 Å². The molecule has 2 aromatic rings. The van der Waals surface area contributed by atoms with E-state index in [4.69, 9.17) is 4.74 Å². The minimum absolute atomic E-state index is 0.0178. The van der Waals surface area contributed by atoms with Gasteiger partial charge in [0.1, 0.15) is 10.7 Å². The number of nitrogens with one attached hydrogen (secondary N) is 1. The number of nitro benzene ring substituents is 1. The molecule has 0 unspecified atom stereocenters.